The maximum Gasteiger partial charge on any atom is 0.236 e. The highest BCUT2D eigenvalue weighted by atomic mass is 19.1. The van der Waals surface area contributed by atoms with Gasteiger partial charge in [0.1, 0.15) is 5.82 Å². The van der Waals surface area contributed by atoms with Gasteiger partial charge in [-0.3, -0.25) is 9.69 Å². The van der Waals surface area contributed by atoms with E-state index in [4.69, 9.17) is 0 Å². The Morgan fingerprint density at radius 2 is 1.70 bits per heavy atom. The van der Waals surface area contributed by atoms with Crippen molar-refractivity contribution < 1.29 is 9.18 Å². The molecule has 5 nitrogen and oxygen atoms in total. The summed E-state index contributed by atoms with van der Waals surface area (Å²) in [7, 11) is 3.66. The molecule has 0 unspecified atom stereocenters. The standard InChI is InChI=1S/C21H23FN4O/c1-24(13-18-12-23-26(15-18)20-6-4-3-5-7-20)16-21(27)25(2)14-17-8-10-19(22)11-9-17/h3-12,15H,13-14,16H2,1-2H3. The molecule has 6 heteroatoms. The number of hydrogen-bond acceptors (Lipinski definition) is 3. The molecule has 3 aromatic rings. The molecule has 27 heavy (non-hydrogen) atoms. The molecular formula is C21H23FN4O. The topological polar surface area (TPSA) is 41.4 Å². The van der Waals surface area contributed by atoms with E-state index in [2.05, 4.69) is 5.10 Å². The summed E-state index contributed by atoms with van der Waals surface area (Å²) >= 11 is 0. The van der Waals surface area contributed by atoms with E-state index >= 15 is 0 Å². The van der Waals surface area contributed by atoms with Crippen LogP contribution in [0.15, 0.2) is 67.0 Å². The lowest BCUT2D eigenvalue weighted by Gasteiger charge is -2.21. The minimum atomic E-state index is -0.275. The highest BCUT2D eigenvalue weighted by Crippen LogP contribution is 2.10. The molecule has 140 valence electrons. The predicted molar refractivity (Wildman–Crippen MR) is 103 cm³/mol. The van der Waals surface area contributed by atoms with Gasteiger partial charge in [0, 0.05) is 31.9 Å². The van der Waals surface area contributed by atoms with Gasteiger partial charge >= 0.3 is 0 Å². The number of halogens is 1. The zero-order valence-corrected chi connectivity index (χ0v) is 15.5. The maximum absolute atomic E-state index is 13.0. The van der Waals surface area contributed by atoms with Crippen molar-refractivity contribution in [1.82, 2.24) is 19.6 Å². The SMILES string of the molecule is CN(CC(=O)N(C)Cc1ccc(F)cc1)Cc1cnn(-c2ccccc2)c1. The summed E-state index contributed by atoms with van der Waals surface area (Å²) in [6.07, 6.45) is 3.79. The van der Waals surface area contributed by atoms with Crippen molar-refractivity contribution in [3.63, 3.8) is 0 Å². The first-order valence-electron chi connectivity index (χ1n) is 8.77. The predicted octanol–water partition coefficient (Wildman–Crippen LogP) is 3.10. The first-order valence-corrected chi connectivity index (χ1v) is 8.77. The van der Waals surface area contributed by atoms with Crippen LogP contribution in [0, 0.1) is 5.82 Å². The molecule has 2 aromatic carbocycles. The average Bonchev–Trinajstić information content (AvgIpc) is 3.12. The summed E-state index contributed by atoms with van der Waals surface area (Å²) in [5.41, 5.74) is 2.94. The quantitative estimate of drug-likeness (QED) is 0.645. The van der Waals surface area contributed by atoms with Crippen LogP contribution >= 0.6 is 0 Å². The molecule has 0 atom stereocenters. The lowest BCUT2D eigenvalue weighted by Crippen LogP contribution is -2.36. The Labute approximate surface area is 158 Å². The number of aromatic nitrogens is 2. The van der Waals surface area contributed by atoms with Crippen molar-refractivity contribution in [2.45, 2.75) is 13.1 Å². The number of carbonyl (C=O) groups excluding carboxylic acids is 1. The van der Waals surface area contributed by atoms with E-state index in [1.807, 2.05) is 59.4 Å². The molecule has 1 heterocycles. The molecule has 0 aliphatic heterocycles. The second-order valence-electron chi connectivity index (χ2n) is 6.68. The van der Waals surface area contributed by atoms with Crippen LogP contribution in [0.3, 0.4) is 0 Å². The molecule has 0 fully saturated rings. The van der Waals surface area contributed by atoms with Gasteiger partial charge in [-0.1, -0.05) is 30.3 Å². The van der Waals surface area contributed by atoms with E-state index in [-0.39, 0.29) is 11.7 Å². The van der Waals surface area contributed by atoms with Crippen LogP contribution in [0.1, 0.15) is 11.1 Å². The fraction of sp³-hybridized carbons (Fsp3) is 0.238. The van der Waals surface area contributed by atoms with Gasteiger partial charge in [-0.05, 0) is 36.9 Å². The van der Waals surface area contributed by atoms with Crippen LogP contribution in [0.25, 0.3) is 5.69 Å². The van der Waals surface area contributed by atoms with Crippen molar-refractivity contribution in [3.8, 4) is 5.69 Å². The van der Waals surface area contributed by atoms with E-state index in [0.29, 0.717) is 19.6 Å². The van der Waals surface area contributed by atoms with E-state index in [1.165, 1.54) is 12.1 Å². The minimum absolute atomic E-state index is 0.0114. The lowest BCUT2D eigenvalue weighted by atomic mass is 10.2. The van der Waals surface area contributed by atoms with Gasteiger partial charge < -0.3 is 4.90 Å². The van der Waals surface area contributed by atoms with Crippen LogP contribution in [0.5, 0.6) is 0 Å². The molecule has 1 amide bonds. The summed E-state index contributed by atoms with van der Waals surface area (Å²) in [6.45, 7) is 1.38. The van der Waals surface area contributed by atoms with Crippen LogP contribution in [0.2, 0.25) is 0 Å². The van der Waals surface area contributed by atoms with Crippen LogP contribution < -0.4 is 0 Å². The van der Waals surface area contributed by atoms with Crippen molar-refractivity contribution >= 4 is 5.91 Å². The average molecular weight is 366 g/mol. The largest absolute Gasteiger partial charge is 0.340 e. The third kappa shape index (κ3) is 5.24. The zero-order chi connectivity index (χ0) is 19.2. The number of rotatable bonds is 7. The summed E-state index contributed by atoms with van der Waals surface area (Å²) < 4.78 is 14.8. The monoisotopic (exact) mass is 366 g/mol. The molecular weight excluding hydrogens is 343 g/mol. The number of nitrogens with zero attached hydrogens (tertiary/aromatic N) is 4. The molecule has 0 saturated heterocycles. The number of carbonyl (C=O) groups is 1. The Morgan fingerprint density at radius 3 is 2.41 bits per heavy atom. The normalized spacial score (nSPS) is 11.0. The van der Waals surface area contributed by atoms with Crippen molar-refractivity contribution in [3.05, 3.63) is 83.9 Å². The van der Waals surface area contributed by atoms with Gasteiger partial charge in [0.15, 0.2) is 0 Å². The summed E-state index contributed by atoms with van der Waals surface area (Å²) in [4.78, 5) is 16.0. The van der Waals surface area contributed by atoms with Gasteiger partial charge in [-0.15, -0.1) is 0 Å². The van der Waals surface area contributed by atoms with Crippen molar-refractivity contribution in [2.75, 3.05) is 20.6 Å². The van der Waals surface area contributed by atoms with Gasteiger partial charge in [0.25, 0.3) is 0 Å². The van der Waals surface area contributed by atoms with Crippen LogP contribution in [0.4, 0.5) is 4.39 Å². The smallest absolute Gasteiger partial charge is 0.236 e. The fourth-order valence-corrected chi connectivity index (χ4v) is 2.83. The van der Waals surface area contributed by atoms with E-state index < -0.39 is 0 Å². The number of benzene rings is 2. The number of para-hydroxylation sites is 1. The number of likely N-dealkylation sites (N-methyl/N-ethyl adjacent to an activating group) is 2. The molecule has 1 aromatic heterocycles. The summed E-state index contributed by atoms with van der Waals surface area (Å²) in [5.74, 6) is -0.263. The highest BCUT2D eigenvalue weighted by molar-refractivity contribution is 5.77. The lowest BCUT2D eigenvalue weighted by molar-refractivity contribution is -0.131. The summed E-state index contributed by atoms with van der Waals surface area (Å²) in [5, 5.41) is 4.38. The molecule has 0 aliphatic carbocycles. The van der Waals surface area contributed by atoms with Gasteiger partial charge in [0.05, 0.1) is 18.4 Å². The van der Waals surface area contributed by atoms with E-state index in [0.717, 1.165) is 16.8 Å². The number of hydrogen-bond donors (Lipinski definition) is 0. The second-order valence-corrected chi connectivity index (χ2v) is 6.68. The van der Waals surface area contributed by atoms with E-state index in [9.17, 15) is 9.18 Å². The summed E-state index contributed by atoms with van der Waals surface area (Å²) in [6, 6.07) is 16.1. The van der Waals surface area contributed by atoms with Crippen molar-refractivity contribution in [2.24, 2.45) is 0 Å². The minimum Gasteiger partial charge on any atom is -0.340 e. The molecule has 0 spiro atoms. The Bertz CT molecular complexity index is 877. The molecule has 0 radical (unpaired) electrons. The second kappa shape index (κ2) is 8.60. The van der Waals surface area contributed by atoms with Crippen LogP contribution in [-0.4, -0.2) is 46.1 Å². The van der Waals surface area contributed by atoms with Crippen molar-refractivity contribution in [1.29, 1.82) is 0 Å². The zero-order valence-electron chi connectivity index (χ0n) is 15.5. The van der Waals surface area contributed by atoms with E-state index in [1.54, 1.807) is 24.1 Å². The molecule has 0 aliphatic rings. The van der Waals surface area contributed by atoms with Gasteiger partial charge in [0.2, 0.25) is 5.91 Å². The third-order valence-corrected chi connectivity index (χ3v) is 4.27. The van der Waals surface area contributed by atoms with Gasteiger partial charge in [-0.25, -0.2) is 9.07 Å². The highest BCUT2D eigenvalue weighted by Gasteiger charge is 2.13. The molecule has 0 bridgehead atoms. The number of amides is 1. The Morgan fingerprint density at radius 1 is 1.00 bits per heavy atom. The Hall–Kier alpha value is -2.99. The first-order chi connectivity index (χ1) is 13.0. The molecule has 0 saturated carbocycles. The van der Waals surface area contributed by atoms with Crippen LogP contribution in [-0.2, 0) is 17.9 Å². The Kier molecular flexibility index (Phi) is 5.98. The fourth-order valence-electron chi connectivity index (χ4n) is 2.83. The first kappa shape index (κ1) is 18.8. The maximum atomic E-state index is 13.0. The molecule has 3 rings (SSSR count). The van der Waals surface area contributed by atoms with Gasteiger partial charge in [-0.2, -0.15) is 5.10 Å². The third-order valence-electron chi connectivity index (χ3n) is 4.27. The molecule has 0 N–H and O–H groups in total. The Balaban J connectivity index is 1.52.